The molecule has 5 unspecified atom stereocenters. The molecule has 3 N–H and O–H groups in total. The van der Waals surface area contributed by atoms with Crippen LogP contribution in [0, 0.1) is 52.3 Å². The highest BCUT2D eigenvalue weighted by atomic mass is 32.3. The summed E-state index contributed by atoms with van der Waals surface area (Å²) >= 11 is 0. The lowest BCUT2D eigenvalue weighted by Crippen LogP contribution is -2.62. The lowest BCUT2D eigenvalue weighted by Gasteiger charge is -2.64. The Balaban J connectivity index is 1.56. The van der Waals surface area contributed by atoms with Crippen LogP contribution < -0.4 is 0 Å². The minimum atomic E-state index is -4.39. The van der Waals surface area contributed by atoms with Crippen molar-refractivity contribution in [3.05, 3.63) is 0 Å². The Morgan fingerprint density at radius 3 is 2.31 bits per heavy atom. The van der Waals surface area contributed by atoms with Gasteiger partial charge in [-0.15, -0.1) is 0 Å². The van der Waals surface area contributed by atoms with Gasteiger partial charge >= 0.3 is 10.4 Å². The maximum absolute atomic E-state index is 11.7. The van der Waals surface area contributed by atoms with E-state index in [-0.39, 0.29) is 35.6 Å². The van der Waals surface area contributed by atoms with Crippen LogP contribution in [0.2, 0.25) is 0 Å². The smallest absolute Gasteiger partial charge is 0.393 e. The SMILES string of the molecule is CCC1C(O)C2[C@@H](CC[C@]3(C)[C@H](C(C)CCOS(=O)(=O)O)CC[C@@H]23)[C@@]2(C)CCC(O)C[C@@H]12. The monoisotopic (exact) mass is 472 g/mol. The molecule has 4 fully saturated rings. The maximum atomic E-state index is 11.7. The van der Waals surface area contributed by atoms with E-state index >= 15 is 0 Å². The molecule has 0 aromatic heterocycles. The third-order valence-corrected chi connectivity index (χ3v) is 11.4. The molecular formula is C25H44O6S. The van der Waals surface area contributed by atoms with Gasteiger partial charge in [0.15, 0.2) is 0 Å². The molecule has 0 radical (unpaired) electrons. The summed E-state index contributed by atoms with van der Waals surface area (Å²) in [7, 11) is -4.39. The van der Waals surface area contributed by atoms with Gasteiger partial charge in [0.05, 0.1) is 18.8 Å². The zero-order valence-corrected chi connectivity index (χ0v) is 21.1. The summed E-state index contributed by atoms with van der Waals surface area (Å²) in [5, 5.41) is 22.1. The van der Waals surface area contributed by atoms with Crippen molar-refractivity contribution in [3.63, 3.8) is 0 Å². The molecule has 0 bridgehead atoms. The van der Waals surface area contributed by atoms with Crippen LogP contribution in [0.4, 0.5) is 0 Å². The average Bonchev–Trinajstić information content (AvgIpc) is 3.06. The Labute approximate surface area is 194 Å². The Bertz CT molecular complexity index is 785. The van der Waals surface area contributed by atoms with Crippen LogP contribution >= 0.6 is 0 Å². The van der Waals surface area contributed by atoms with Crippen molar-refractivity contribution in [1.82, 2.24) is 0 Å². The molecule has 11 atom stereocenters. The molecule has 4 aliphatic rings. The van der Waals surface area contributed by atoms with Gasteiger partial charge in [0.2, 0.25) is 0 Å². The van der Waals surface area contributed by atoms with Gasteiger partial charge in [-0.1, -0.05) is 34.1 Å². The van der Waals surface area contributed by atoms with Crippen LogP contribution in [0.5, 0.6) is 0 Å². The van der Waals surface area contributed by atoms with Crippen LogP contribution in [0.3, 0.4) is 0 Å². The summed E-state index contributed by atoms with van der Waals surface area (Å²) in [6, 6.07) is 0. The van der Waals surface area contributed by atoms with Crippen LogP contribution in [0.15, 0.2) is 0 Å². The number of rotatable bonds is 6. The van der Waals surface area contributed by atoms with Crippen molar-refractivity contribution in [2.24, 2.45) is 52.3 Å². The molecule has 0 aromatic carbocycles. The van der Waals surface area contributed by atoms with Gasteiger partial charge < -0.3 is 10.2 Å². The van der Waals surface area contributed by atoms with E-state index < -0.39 is 10.4 Å². The molecule has 186 valence electrons. The van der Waals surface area contributed by atoms with Gasteiger partial charge in [-0.05, 0) is 104 Å². The van der Waals surface area contributed by atoms with Gasteiger partial charge in [-0.2, -0.15) is 8.42 Å². The molecule has 0 amide bonds. The van der Waals surface area contributed by atoms with Gasteiger partial charge in [0.25, 0.3) is 0 Å². The van der Waals surface area contributed by atoms with Gasteiger partial charge in [-0.3, -0.25) is 4.55 Å². The quantitative estimate of drug-likeness (QED) is 0.493. The van der Waals surface area contributed by atoms with Crippen LogP contribution in [-0.2, 0) is 14.6 Å². The van der Waals surface area contributed by atoms with E-state index in [9.17, 15) is 18.6 Å². The second-order valence-corrected chi connectivity index (χ2v) is 13.2. The molecule has 32 heavy (non-hydrogen) atoms. The predicted molar refractivity (Wildman–Crippen MR) is 123 cm³/mol. The van der Waals surface area contributed by atoms with Crippen LogP contribution in [0.1, 0.15) is 85.5 Å². The van der Waals surface area contributed by atoms with Crippen molar-refractivity contribution in [3.8, 4) is 0 Å². The van der Waals surface area contributed by atoms with Gasteiger partial charge in [0.1, 0.15) is 0 Å². The summed E-state index contributed by atoms with van der Waals surface area (Å²) in [6.07, 6.45) is 8.38. The first-order valence-corrected chi connectivity index (χ1v) is 14.3. The molecule has 4 aliphatic carbocycles. The Morgan fingerprint density at radius 1 is 1.00 bits per heavy atom. The molecule has 6 nitrogen and oxygen atoms in total. The number of hydrogen-bond donors (Lipinski definition) is 3. The fourth-order valence-electron chi connectivity index (χ4n) is 9.47. The number of fused-ring (bicyclic) bond motifs is 5. The third-order valence-electron chi connectivity index (χ3n) is 11.0. The molecule has 0 saturated heterocycles. The van der Waals surface area contributed by atoms with Crippen molar-refractivity contribution < 1.29 is 27.4 Å². The highest BCUT2D eigenvalue weighted by molar-refractivity contribution is 7.80. The van der Waals surface area contributed by atoms with E-state index in [2.05, 4.69) is 31.9 Å². The van der Waals surface area contributed by atoms with Crippen LogP contribution in [-0.4, -0.2) is 42.0 Å². The lowest BCUT2D eigenvalue weighted by atomic mass is 9.41. The predicted octanol–water partition coefficient (Wildman–Crippen LogP) is 4.46. The maximum Gasteiger partial charge on any atom is 0.397 e. The molecule has 0 heterocycles. The number of aliphatic hydroxyl groups is 2. The standard InChI is InChI=1S/C25H44O6S/c1-5-17-21-14-16(26)8-11-25(21,4)20-9-12-24(3)18(6-7-19(24)22(20)23(17)27)15(2)10-13-31-32(28,29)30/h15-23,26-27H,5-14H2,1-4H3,(H,28,29,30)/t15?,16?,17?,18-,19-,20+,21-,22?,23?,24+,25+/m0/s1. The minimum Gasteiger partial charge on any atom is -0.393 e. The van der Waals surface area contributed by atoms with Crippen molar-refractivity contribution in [1.29, 1.82) is 0 Å². The topological polar surface area (TPSA) is 104 Å². The first-order valence-electron chi connectivity index (χ1n) is 12.9. The molecule has 0 aromatic rings. The molecule has 0 aliphatic heterocycles. The number of aliphatic hydroxyl groups excluding tert-OH is 2. The van der Waals surface area contributed by atoms with E-state index in [0.717, 1.165) is 51.4 Å². The summed E-state index contributed by atoms with van der Waals surface area (Å²) < 4.78 is 35.4. The van der Waals surface area contributed by atoms with Gasteiger partial charge in [-0.25, -0.2) is 4.18 Å². The van der Waals surface area contributed by atoms with E-state index in [0.29, 0.717) is 41.9 Å². The van der Waals surface area contributed by atoms with E-state index in [1.807, 2.05) is 0 Å². The Kier molecular flexibility index (Phi) is 6.83. The Hall–Kier alpha value is -0.210. The summed E-state index contributed by atoms with van der Waals surface area (Å²) in [5.41, 5.74) is 0.355. The van der Waals surface area contributed by atoms with Crippen LogP contribution in [0.25, 0.3) is 0 Å². The second-order valence-electron chi connectivity index (χ2n) is 12.1. The van der Waals surface area contributed by atoms with Crippen molar-refractivity contribution in [2.45, 2.75) is 97.7 Å². The summed E-state index contributed by atoms with van der Waals surface area (Å²) in [6.45, 7) is 9.28. The molecule has 0 spiro atoms. The largest absolute Gasteiger partial charge is 0.397 e. The first kappa shape index (κ1) is 24.9. The summed E-state index contributed by atoms with van der Waals surface area (Å²) in [5.74, 6) is 2.78. The normalized spacial score (nSPS) is 49.7. The Morgan fingerprint density at radius 2 is 1.66 bits per heavy atom. The van der Waals surface area contributed by atoms with Gasteiger partial charge in [0, 0.05) is 0 Å². The fourth-order valence-corrected chi connectivity index (χ4v) is 9.78. The van der Waals surface area contributed by atoms with E-state index in [1.165, 1.54) is 0 Å². The zero-order valence-electron chi connectivity index (χ0n) is 20.2. The zero-order chi connectivity index (χ0) is 23.5. The molecule has 4 saturated carbocycles. The highest BCUT2D eigenvalue weighted by Gasteiger charge is 2.64. The molecule has 7 heteroatoms. The van der Waals surface area contributed by atoms with Crippen molar-refractivity contribution >= 4 is 10.4 Å². The highest BCUT2D eigenvalue weighted by Crippen LogP contribution is 2.69. The summed E-state index contributed by atoms with van der Waals surface area (Å²) in [4.78, 5) is 0. The third kappa shape index (κ3) is 4.08. The van der Waals surface area contributed by atoms with E-state index in [4.69, 9.17) is 4.55 Å². The second kappa shape index (κ2) is 8.78. The van der Waals surface area contributed by atoms with E-state index in [1.54, 1.807) is 0 Å². The average molecular weight is 473 g/mol. The lowest BCUT2D eigenvalue weighted by molar-refractivity contribution is -0.203. The minimum absolute atomic E-state index is 0.0198. The molecule has 4 rings (SSSR count). The molecular weight excluding hydrogens is 428 g/mol. The number of hydrogen-bond acceptors (Lipinski definition) is 5. The fraction of sp³-hybridized carbons (Fsp3) is 1.00. The first-order chi connectivity index (χ1) is 14.9. The van der Waals surface area contributed by atoms with Crippen molar-refractivity contribution in [2.75, 3.05) is 6.61 Å².